The Morgan fingerprint density at radius 2 is 2.00 bits per heavy atom. The lowest BCUT2D eigenvalue weighted by Crippen LogP contribution is -2.24. The molecule has 6 heteroatoms. The predicted molar refractivity (Wildman–Crippen MR) is 80.0 cm³/mol. The SMILES string of the molecule is Cc1nn(CCCl)c(C)c1C(=O)NCc1ccc(F)cc1. The number of rotatable bonds is 5. The number of nitrogens with zero attached hydrogens (tertiary/aromatic N) is 2. The number of aryl methyl sites for hydroxylation is 2. The Kier molecular flexibility index (Phi) is 4.96. The van der Waals surface area contributed by atoms with Gasteiger partial charge in [0.1, 0.15) is 5.82 Å². The molecule has 0 aliphatic rings. The molecule has 2 rings (SSSR count). The van der Waals surface area contributed by atoms with E-state index in [2.05, 4.69) is 10.4 Å². The van der Waals surface area contributed by atoms with Gasteiger partial charge < -0.3 is 5.32 Å². The standard InChI is InChI=1S/C15H17ClFN3O/c1-10-14(11(2)20(19-10)8-7-16)15(21)18-9-12-3-5-13(17)6-4-12/h3-6H,7-9H2,1-2H3,(H,18,21). The average molecular weight is 310 g/mol. The summed E-state index contributed by atoms with van der Waals surface area (Å²) in [6, 6.07) is 6.03. The Hall–Kier alpha value is -1.88. The van der Waals surface area contributed by atoms with Crippen molar-refractivity contribution >= 4 is 17.5 Å². The van der Waals surface area contributed by atoms with Crippen molar-refractivity contribution in [3.05, 3.63) is 52.6 Å². The highest BCUT2D eigenvalue weighted by atomic mass is 35.5. The van der Waals surface area contributed by atoms with Gasteiger partial charge in [-0.15, -0.1) is 11.6 Å². The number of amides is 1. The van der Waals surface area contributed by atoms with Crippen molar-refractivity contribution in [3.8, 4) is 0 Å². The topological polar surface area (TPSA) is 46.9 Å². The Balaban J connectivity index is 2.08. The summed E-state index contributed by atoms with van der Waals surface area (Å²) in [4.78, 5) is 12.3. The van der Waals surface area contributed by atoms with E-state index in [0.717, 1.165) is 11.3 Å². The minimum Gasteiger partial charge on any atom is -0.348 e. The largest absolute Gasteiger partial charge is 0.348 e. The molecule has 0 aliphatic heterocycles. The van der Waals surface area contributed by atoms with Crippen molar-refractivity contribution in [1.29, 1.82) is 0 Å². The molecule has 0 unspecified atom stereocenters. The van der Waals surface area contributed by atoms with Crippen molar-refractivity contribution in [2.75, 3.05) is 5.88 Å². The first-order valence-corrected chi connectivity index (χ1v) is 7.19. The molecule has 0 atom stereocenters. The monoisotopic (exact) mass is 309 g/mol. The molecule has 1 aromatic heterocycles. The lowest BCUT2D eigenvalue weighted by molar-refractivity contribution is 0.0949. The van der Waals surface area contributed by atoms with Crippen LogP contribution in [0.2, 0.25) is 0 Å². The summed E-state index contributed by atoms with van der Waals surface area (Å²) < 4.78 is 14.6. The number of hydrogen-bond donors (Lipinski definition) is 1. The van der Waals surface area contributed by atoms with Gasteiger partial charge in [-0.1, -0.05) is 12.1 Å². The summed E-state index contributed by atoms with van der Waals surface area (Å²) in [5.41, 5.74) is 2.88. The molecule has 21 heavy (non-hydrogen) atoms. The molecule has 1 aromatic carbocycles. The van der Waals surface area contributed by atoms with Crippen molar-refractivity contribution < 1.29 is 9.18 Å². The van der Waals surface area contributed by atoms with Crippen LogP contribution in [0.1, 0.15) is 27.3 Å². The first kappa shape index (κ1) is 15.5. The summed E-state index contributed by atoms with van der Waals surface area (Å²) >= 11 is 5.71. The molecule has 0 radical (unpaired) electrons. The molecule has 1 amide bonds. The van der Waals surface area contributed by atoms with Crippen LogP contribution in [0.25, 0.3) is 0 Å². The summed E-state index contributed by atoms with van der Waals surface area (Å²) in [6.07, 6.45) is 0. The summed E-state index contributed by atoms with van der Waals surface area (Å²) in [5, 5.41) is 7.13. The number of hydrogen-bond acceptors (Lipinski definition) is 2. The van der Waals surface area contributed by atoms with Gasteiger partial charge in [-0.25, -0.2) is 4.39 Å². The average Bonchev–Trinajstić information content (AvgIpc) is 2.73. The summed E-state index contributed by atoms with van der Waals surface area (Å²) in [7, 11) is 0. The minimum atomic E-state index is -0.292. The molecule has 1 N–H and O–H groups in total. The fourth-order valence-electron chi connectivity index (χ4n) is 2.20. The number of benzene rings is 1. The molecule has 0 aliphatic carbocycles. The second kappa shape index (κ2) is 6.72. The number of carbonyl (C=O) groups excluding carboxylic acids is 1. The molecule has 0 spiro atoms. The van der Waals surface area contributed by atoms with E-state index in [-0.39, 0.29) is 11.7 Å². The third kappa shape index (κ3) is 3.61. The van der Waals surface area contributed by atoms with E-state index in [1.54, 1.807) is 23.7 Å². The molecule has 0 saturated carbocycles. The van der Waals surface area contributed by atoms with Crippen molar-refractivity contribution in [2.24, 2.45) is 0 Å². The van der Waals surface area contributed by atoms with E-state index in [4.69, 9.17) is 11.6 Å². The quantitative estimate of drug-likeness (QED) is 0.863. The van der Waals surface area contributed by atoms with Crippen LogP contribution in [0.3, 0.4) is 0 Å². The zero-order valence-electron chi connectivity index (χ0n) is 12.0. The van der Waals surface area contributed by atoms with Gasteiger partial charge in [0.2, 0.25) is 0 Å². The van der Waals surface area contributed by atoms with Gasteiger partial charge in [-0.3, -0.25) is 9.48 Å². The number of halogens is 2. The van der Waals surface area contributed by atoms with Crippen LogP contribution in [-0.4, -0.2) is 21.6 Å². The highest BCUT2D eigenvalue weighted by molar-refractivity contribution is 6.17. The van der Waals surface area contributed by atoms with E-state index in [9.17, 15) is 9.18 Å². The second-order valence-corrected chi connectivity index (χ2v) is 5.15. The molecular weight excluding hydrogens is 293 g/mol. The van der Waals surface area contributed by atoms with Crippen molar-refractivity contribution in [1.82, 2.24) is 15.1 Å². The number of carbonyl (C=O) groups is 1. The van der Waals surface area contributed by atoms with Crippen LogP contribution in [0, 0.1) is 19.7 Å². The highest BCUT2D eigenvalue weighted by Gasteiger charge is 2.18. The minimum absolute atomic E-state index is 0.185. The molecule has 4 nitrogen and oxygen atoms in total. The van der Waals surface area contributed by atoms with Gasteiger partial charge in [-0.05, 0) is 31.5 Å². The number of aromatic nitrogens is 2. The van der Waals surface area contributed by atoms with Crippen LogP contribution in [0.15, 0.2) is 24.3 Å². The molecule has 0 saturated heterocycles. The lowest BCUT2D eigenvalue weighted by atomic mass is 10.1. The Labute approximate surface area is 127 Å². The molecule has 0 fully saturated rings. The second-order valence-electron chi connectivity index (χ2n) is 4.77. The Morgan fingerprint density at radius 3 is 2.62 bits per heavy atom. The molecule has 0 bridgehead atoms. The first-order valence-electron chi connectivity index (χ1n) is 6.65. The fourth-order valence-corrected chi connectivity index (χ4v) is 2.36. The van der Waals surface area contributed by atoms with Crippen molar-refractivity contribution in [2.45, 2.75) is 26.9 Å². The summed E-state index contributed by atoms with van der Waals surface area (Å²) in [5.74, 6) is -0.0345. The van der Waals surface area contributed by atoms with Crippen LogP contribution < -0.4 is 5.32 Å². The van der Waals surface area contributed by atoms with E-state index in [0.29, 0.717) is 30.2 Å². The van der Waals surface area contributed by atoms with Crippen LogP contribution in [0.5, 0.6) is 0 Å². The number of nitrogens with one attached hydrogen (secondary N) is 1. The normalized spacial score (nSPS) is 10.7. The fraction of sp³-hybridized carbons (Fsp3) is 0.333. The van der Waals surface area contributed by atoms with E-state index in [1.807, 2.05) is 6.92 Å². The predicted octanol–water partition coefficient (Wildman–Crippen LogP) is 2.81. The molecule has 1 heterocycles. The van der Waals surface area contributed by atoms with Crippen molar-refractivity contribution in [3.63, 3.8) is 0 Å². The maximum Gasteiger partial charge on any atom is 0.255 e. The first-order chi connectivity index (χ1) is 10.0. The molecule has 2 aromatic rings. The van der Waals surface area contributed by atoms with E-state index >= 15 is 0 Å². The zero-order valence-corrected chi connectivity index (χ0v) is 12.7. The summed E-state index contributed by atoms with van der Waals surface area (Å²) in [6.45, 7) is 4.56. The third-order valence-corrected chi connectivity index (χ3v) is 3.44. The molecule has 112 valence electrons. The van der Waals surface area contributed by atoms with Crippen LogP contribution >= 0.6 is 11.6 Å². The van der Waals surface area contributed by atoms with Gasteiger partial charge in [0.25, 0.3) is 5.91 Å². The third-order valence-electron chi connectivity index (χ3n) is 3.27. The Bertz CT molecular complexity index is 637. The van der Waals surface area contributed by atoms with Gasteiger partial charge in [0.05, 0.1) is 17.8 Å². The van der Waals surface area contributed by atoms with E-state index < -0.39 is 0 Å². The Morgan fingerprint density at radius 1 is 1.33 bits per heavy atom. The van der Waals surface area contributed by atoms with Crippen LogP contribution in [-0.2, 0) is 13.1 Å². The van der Waals surface area contributed by atoms with E-state index in [1.165, 1.54) is 12.1 Å². The van der Waals surface area contributed by atoms with Gasteiger partial charge in [-0.2, -0.15) is 5.10 Å². The van der Waals surface area contributed by atoms with Gasteiger partial charge in [0.15, 0.2) is 0 Å². The highest BCUT2D eigenvalue weighted by Crippen LogP contribution is 2.13. The maximum atomic E-state index is 12.8. The smallest absolute Gasteiger partial charge is 0.255 e. The maximum absolute atomic E-state index is 12.8. The van der Waals surface area contributed by atoms with Gasteiger partial charge >= 0.3 is 0 Å². The lowest BCUT2D eigenvalue weighted by Gasteiger charge is -2.06. The molecular formula is C15H17ClFN3O. The zero-order chi connectivity index (χ0) is 15.4. The van der Waals surface area contributed by atoms with Gasteiger partial charge in [0, 0.05) is 18.1 Å². The number of alkyl halides is 1. The van der Waals surface area contributed by atoms with Crippen LogP contribution in [0.4, 0.5) is 4.39 Å².